The molecule has 0 fully saturated rings. The van der Waals surface area contributed by atoms with E-state index < -0.39 is 5.97 Å². The molecular formula is C3H7IO3. The van der Waals surface area contributed by atoms with E-state index in [1.54, 1.807) is 0 Å². The van der Waals surface area contributed by atoms with E-state index in [0.717, 1.165) is 6.92 Å². The van der Waals surface area contributed by atoms with Gasteiger partial charge in [0.05, 0.1) is 4.61 Å². The topological polar surface area (TPSA) is 57.5 Å². The van der Waals surface area contributed by atoms with E-state index in [1.165, 1.54) is 0 Å². The van der Waals surface area contributed by atoms with E-state index in [9.17, 15) is 0 Å². The highest BCUT2D eigenvalue weighted by atomic mass is 127. The fourth-order valence-electron chi connectivity index (χ4n) is 0. The molecule has 7 heavy (non-hydrogen) atoms. The fourth-order valence-corrected chi connectivity index (χ4v) is 0. The molecule has 44 valence electrons. The first-order valence-electron chi connectivity index (χ1n) is 1.51. The van der Waals surface area contributed by atoms with Crippen LogP contribution in [0.15, 0.2) is 0 Å². The van der Waals surface area contributed by atoms with E-state index in [2.05, 4.69) is 0 Å². The number of rotatable bonds is 0. The SMILES string of the molecule is CC(=O)O.OCI. The Morgan fingerprint density at radius 3 is 1.86 bits per heavy atom. The number of aliphatic carboxylic acids is 1. The normalized spacial score (nSPS) is 6.14. The quantitative estimate of drug-likeness (QED) is 0.458. The van der Waals surface area contributed by atoms with Crippen molar-refractivity contribution < 1.29 is 15.0 Å². The van der Waals surface area contributed by atoms with E-state index in [-0.39, 0.29) is 4.61 Å². The summed E-state index contributed by atoms with van der Waals surface area (Å²) in [5.41, 5.74) is 0. The summed E-state index contributed by atoms with van der Waals surface area (Å²) in [6.45, 7) is 1.08. The lowest BCUT2D eigenvalue weighted by atomic mass is 10.9. The largest absolute Gasteiger partial charge is 0.481 e. The van der Waals surface area contributed by atoms with Crippen LogP contribution in [0.25, 0.3) is 0 Å². The molecule has 0 saturated carbocycles. The maximum absolute atomic E-state index is 9.00. The highest BCUT2D eigenvalue weighted by molar-refractivity contribution is 14.1. The van der Waals surface area contributed by atoms with Crippen LogP contribution in [-0.4, -0.2) is 20.8 Å². The second-order valence-corrected chi connectivity index (χ2v) is 1.32. The van der Waals surface area contributed by atoms with Crippen molar-refractivity contribution >= 4 is 28.6 Å². The molecule has 0 bridgehead atoms. The summed E-state index contributed by atoms with van der Waals surface area (Å²) in [7, 11) is 0. The second-order valence-electron chi connectivity index (χ2n) is 0.639. The molecule has 0 amide bonds. The smallest absolute Gasteiger partial charge is 0.300 e. The van der Waals surface area contributed by atoms with Crippen LogP contribution in [0.1, 0.15) is 6.92 Å². The van der Waals surface area contributed by atoms with Gasteiger partial charge in [0.25, 0.3) is 5.97 Å². The van der Waals surface area contributed by atoms with E-state index in [0.29, 0.717) is 0 Å². The summed E-state index contributed by atoms with van der Waals surface area (Å²) in [5, 5.41) is 15.0. The molecule has 0 atom stereocenters. The number of hydrogen-bond acceptors (Lipinski definition) is 2. The highest BCUT2D eigenvalue weighted by Crippen LogP contribution is 1.64. The Balaban J connectivity index is 0. The van der Waals surface area contributed by atoms with Crippen molar-refractivity contribution in [1.82, 2.24) is 0 Å². The summed E-state index contributed by atoms with van der Waals surface area (Å²) in [6.07, 6.45) is 0. The number of carbonyl (C=O) groups is 1. The highest BCUT2D eigenvalue weighted by Gasteiger charge is 1.65. The first-order chi connectivity index (χ1) is 3.15. The van der Waals surface area contributed by atoms with Crippen LogP contribution in [0.5, 0.6) is 0 Å². The molecule has 0 aliphatic rings. The second kappa shape index (κ2) is 9.48. The van der Waals surface area contributed by atoms with Crippen molar-refractivity contribution in [3.8, 4) is 0 Å². The zero-order valence-electron chi connectivity index (χ0n) is 3.89. The molecular weight excluding hydrogens is 211 g/mol. The summed E-state index contributed by atoms with van der Waals surface area (Å²) in [6, 6.07) is 0. The summed E-state index contributed by atoms with van der Waals surface area (Å²) in [4.78, 5) is 9.00. The predicted molar refractivity (Wildman–Crippen MR) is 34.4 cm³/mol. The van der Waals surface area contributed by atoms with Crippen molar-refractivity contribution in [3.05, 3.63) is 0 Å². The van der Waals surface area contributed by atoms with Crippen LogP contribution in [0.4, 0.5) is 0 Å². The lowest BCUT2D eigenvalue weighted by Crippen LogP contribution is -1.78. The number of alkyl halides is 1. The van der Waals surface area contributed by atoms with Crippen molar-refractivity contribution in [1.29, 1.82) is 0 Å². The molecule has 0 aromatic carbocycles. The molecule has 0 aromatic rings. The molecule has 0 rings (SSSR count). The minimum Gasteiger partial charge on any atom is -0.481 e. The van der Waals surface area contributed by atoms with Gasteiger partial charge in [-0.1, -0.05) is 22.6 Å². The summed E-state index contributed by atoms with van der Waals surface area (Å²) >= 11 is 1.84. The van der Waals surface area contributed by atoms with E-state index >= 15 is 0 Å². The van der Waals surface area contributed by atoms with Crippen LogP contribution in [-0.2, 0) is 4.79 Å². The van der Waals surface area contributed by atoms with E-state index in [1.807, 2.05) is 22.6 Å². The molecule has 0 aliphatic heterocycles. The molecule has 4 heteroatoms. The maximum Gasteiger partial charge on any atom is 0.300 e. The minimum absolute atomic E-state index is 0.220. The van der Waals surface area contributed by atoms with Gasteiger partial charge in [-0.2, -0.15) is 0 Å². The average Bonchev–Trinajstić information content (AvgIpc) is 1.33. The van der Waals surface area contributed by atoms with Gasteiger partial charge in [-0.15, -0.1) is 0 Å². The van der Waals surface area contributed by atoms with Gasteiger partial charge in [0.15, 0.2) is 0 Å². The third-order valence-electron chi connectivity index (χ3n) is 0. The molecule has 0 unspecified atom stereocenters. The lowest BCUT2D eigenvalue weighted by molar-refractivity contribution is -0.134. The Morgan fingerprint density at radius 1 is 1.86 bits per heavy atom. The van der Waals surface area contributed by atoms with Crippen LogP contribution in [0.2, 0.25) is 0 Å². The Hall–Kier alpha value is 0.160. The Kier molecular flexibility index (Phi) is 13.8. The lowest BCUT2D eigenvalue weighted by Gasteiger charge is -1.59. The monoisotopic (exact) mass is 218 g/mol. The summed E-state index contributed by atoms with van der Waals surface area (Å²) < 4.78 is 0.220. The molecule has 2 N–H and O–H groups in total. The maximum atomic E-state index is 9.00. The zero-order valence-corrected chi connectivity index (χ0v) is 6.05. The first kappa shape index (κ1) is 10.2. The van der Waals surface area contributed by atoms with Gasteiger partial charge in [0, 0.05) is 6.92 Å². The Bertz CT molecular complexity index is 41.4. The third-order valence-corrected chi connectivity index (χ3v) is 0. The van der Waals surface area contributed by atoms with Crippen LogP contribution >= 0.6 is 22.6 Å². The van der Waals surface area contributed by atoms with Crippen molar-refractivity contribution in [2.45, 2.75) is 6.92 Å². The molecule has 3 nitrogen and oxygen atoms in total. The molecule has 0 radical (unpaired) electrons. The van der Waals surface area contributed by atoms with Gasteiger partial charge in [0.1, 0.15) is 0 Å². The molecule has 0 aromatic heterocycles. The number of hydrogen-bond donors (Lipinski definition) is 2. The standard InChI is InChI=1S/C2H4O2.CH3IO/c1-2(3)4;2-1-3/h1H3,(H,3,4);3H,1H2. The minimum atomic E-state index is -0.833. The van der Waals surface area contributed by atoms with Gasteiger partial charge < -0.3 is 10.2 Å². The average molecular weight is 218 g/mol. The van der Waals surface area contributed by atoms with Crippen molar-refractivity contribution in [3.63, 3.8) is 0 Å². The predicted octanol–water partition coefficient (Wildman–Crippen LogP) is 0.462. The molecule has 0 aliphatic carbocycles. The number of halogens is 1. The van der Waals surface area contributed by atoms with Gasteiger partial charge >= 0.3 is 0 Å². The van der Waals surface area contributed by atoms with Crippen molar-refractivity contribution in [2.24, 2.45) is 0 Å². The van der Waals surface area contributed by atoms with Crippen LogP contribution in [0.3, 0.4) is 0 Å². The van der Waals surface area contributed by atoms with Crippen molar-refractivity contribution in [2.75, 3.05) is 4.61 Å². The molecule has 0 spiro atoms. The number of aliphatic hydroxyl groups is 1. The fraction of sp³-hybridized carbons (Fsp3) is 0.667. The van der Waals surface area contributed by atoms with Gasteiger partial charge in [-0.05, 0) is 0 Å². The summed E-state index contributed by atoms with van der Waals surface area (Å²) in [5.74, 6) is -0.833. The van der Waals surface area contributed by atoms with Crippen LogP contribution < -0.4 is 0 Å². The number of carboxylic acid groups (broad SMARTS) is 1. The Labute approximate surface area is 55.5 Å². The van der Waals surface area contributed by atoms with Gasteiger partial charge in [-0.25, -0.2) is 0 Å². The van der Waals surface area contributed by atoms with E-state index in [4.69, 9.17) is 15.0 Å². The van der Waals surface area contributed by atoms with Crippen LogP contribution in [0, 0.1) is 0 Å². The number of aliphatic hydroxyl groups excluding tert-OH is 1. The number of carboxylic acids is 1. The Morgan fingerprint density at radius 2 is 1.86 bits per heavy atom. The third kappa shape index (κ3) is 4160. The molecule has 0 saturated heterocycles. The van der Waals surface area contributed by atoms with Gasteiger partial charge in [0.2, 0.25) is 0 Å². The zero-order chi connectivity index (χ0) is 6.28. The first-order valence-corrected chi connectivity index (χ1v) is 3.04. The van der Waals surface area contributed by atoms with Gasteiger partial charge in [-0.3, -0.25) is 4.79 Å². The molecule has 0 heterocycles.